The minimum atomic E-state index is -4.50. The van der Waals surface area contributed by atoms with Gasteiger partial charge in [-0.3, -0.25) is 9.59 Å². The molecule has 1 heterocycles. The number of carbonyl (C=O) groups excluding carboxylic acids is 3. The van der Waals surface area contributed by atoms with E-state index in [1.54, 1.807) is 0 Å². The Labute approximate surface area is 172 Å². The monoisotopic (exact) mass is 448 g/mol. The van der Waals surface area contributed by atoms with E-state index in [-0.39, 0.29) is 13.0 Å². The van der Waals surface area contributed by atoms with E-state index < -0.39 is 71.4 Å². The predicted molar refractivity (Wildman–Crippen MR) is 90.2 cm³/mol. The molecule has 2 saturated carbocycles. The lowest BCUT2D eigenvalue weighted by atomic mass is 9.78. The number of esters is 3. The van der Waals surface area contributed by atoms with E-state index in [2.05, 4.69) is 0 Å². The third kappa shape index (κ3) is 3.74. The summed E-state index contributed by atoms with van der Waals surface area (Å²) in [5, 5.41) is 0. The van der Waals surface area contributed by atoms with Gasteiger partial charge in [0.25, 0.3) is 0 Å². The third-order valence-electron chi connectivity index (χ3n) is 6.08. The fourth-order valence-corrected chi connectivity index (χ4v) is 4.74. The van der Waals surface area contributed by atoms with Crippen molar-refractivity contribution in [3.05, 3.63) is 35.4 Å². The van der Waals surface area contributed by atoms with Gasteiger partial charge in [0.2, 0.25) is 0 Å². The van der Waals surface area contributed by atoms with Gasteiger partial charge >= 0.3 is 30.0 Å². The molecule has 0 radical (unpaired) electrons. The van der Waals surface area contributed by atoms with Crippen LogP contribution in [0.4, 0.5) is 22.0 Å². The molecule has 6 atom stereocenters. The van der Waals surface area contributed by atoms with Crippen molar-refractivity contribution in [2.75, 3.05) is 0 Å². The summed E-state index contributed by atoms with van der Waals surface area (Å²) in [4.78, 5) is 36.5. The molecule has 1 aromatic rings. The van der Waals surface area contributed by atoms with E-state index in [0.29, 0.717) is 12.5 Å². The molecule has 0 spiro atoms. The molecule has 6 unspecified atom stereocenters. The van der Waals surface area contributed by atoms with Gasteiger partial charge in [-0.25, -0.2) is 4.79 Å². The van der Waals surface area contributed by atoms with Gasteiger partial charge < -0.3 is 14.2 Å². The summed E-state index contributed by atoms with van der Waals surface area (Å²) in [6.07, 6.45) is -6.30. The highest BCUT2D eigenvalue weighted by Gasteiger charge is 2.70. The Bertz CT molecular complexity index is 906. The topological polar surface area (TPSA) is 78.9 Å². The summed E-state index contributed by atoms with van der Waals surface area (Å²) < 4.78 is 79.7. The minimum Gasteiger partial charge on any atom is -0.461 e. The Morgan fingerprint density at radius 3 is 2.32 bits per heavy atom. The van der Waals surface area contributed by atoms with Crippen molar-refractivity contribution < 1.29 is 50.5 Å². The lowest BCUT2D eigenvalue weighted by Gasteiger charge is -2.30. The van der Waals surface area contributed by atoms with Crippen molar-refractivity contribution in [1.29, 1.82) is 0 Å². The second-order valence-corrected chi connectivity index (χ2v) is 8.08. The lowest BCUT2D eigenvalue weighted by Crippen LogP contribution is -2.45. The van der Waals surface area contributed by atoms with Gasteiger partial charge in [0.05, 0.1) is 17.4 Å². The van der Waals surface area contributed by atoms with Crippen LogP contribution < -0.4 is 0 Å². The fourth-order valence-electron chi connectivity index (χ4n) is 4.74. The molecule has 2 bridgehead atoms. The number of rotatable bonds is 5. The Hall–Kier alpha value is -2.72. The molecule has 31 heavy (non-hydrogen) atoms. The average molecular weight is 448 g/mol. The molecule has 3 aliphatic rings. The van der Waals surface area contributed by atoms with Crippen LogP contribution in [0.1, 0.15) is 24.5 Å². The zero-order valence-electron chi connectivity index (χ0n) is 16.0. The molecule has 1 aromatic carbocycles. The number of ether oxygens (including phenoxy) is 3. The van der Waals surface area contributed by atoms with Gasteiger partial charge in [-0.15, -0.1) is 0 Å². The highest BCUT2D eigenvalue weighted by molar-refractivity contribution is 5.86. The molecule has 2 aliphatic carbocycles. The Balaban J connectivity index is 1.45. The minimum absolute atomic E-state index is 0.272. The van der Waals surface area contributed by atoms with Crippen LogP contribution >= 0.6 is 0 Å². The van der Waals surface area contributed by atoms with Crippen LogP contribution in [-0.2, 0) is 41.4 Å². The lowest BCUT2D eigenvalue weighted by molar-refractivity contribution is -0.186. The van der Waals surface area contributed by atoms with Crippen molar-refractivity contribution in [1.82, 2.24) is 0 Å². The summed E-state index contributed by atoms with van der Waals surface area (Å²) in [6, 6.07) is 4.01. The highest BCUT2D eigenvalue weighted by atomic mass is 19.4. The summed E-state index contributed by atoms with van der Waals surface area (Å²) in [7, 11) is 0. The quantitative estimate of drug-likeness (QED) is 0.391. The van der Waals surface area contributed by atoms with Gasteiger partial charge in [0.1, 0.15) is 18.8 Å². The molecule has 0 aromatic heterocycles. The SMILES string of the molecule is CC(F)(F)C(=O)OC1C2CC3C1OC(=O)C3C2C(=O)OCc1ccc(C(F)(F)F)cc1. The molecule has 0 N–H and O–H groups in total. The molecule has 6 nitrogen and oxygen atoms in total. The molecular formula is C20H17F5O6. The van der Waals surface area contributed by atoms with Gasteiger partial charge in [-0.2, -0.15) is 22.0 Å². The smallest absolute Gasteiger partial charge is 0.416 e. The Morgan fingerprint density at radius 1 is 1.10 bits per heavy atom. The van der Waals surface area contributed by atoms with Crippen molar-refractivity contribution >= 4 is 17.9 Å². The van der Waals surface area contributed by atoms with Crippen LogP contribution in [0.3, 0.4) is 0 Å². The van der Waals surface area contributed by atoms with E-state index >= 15 is 0 Å². The number of benzene rings is 1. The first-order valence-electron chi connectivity index (χ1n) is 9.50. The normalized spacial score (nSPS) is 31.5. The summed E-state index contributed by atoms with van der Waals surface area (Å²) in [5.41, 5.74) is -0.558. The number of hydrogen-bond donors (Lipinski definition) is 0. The molecule has 1 saturated heterocycles. The second-order valence-electron chi connectivity index (χ2n) is 8.08. The van der Waals surface area contributed by atoms with Crippen molar-refractivity contribution in [2.45, 2.75) is 44.3 Å². The number of halogens is 5. The summed E-state index contributed by atoms with van der Waals surface area (Å²) in [6.45, 7) is 0.0371. The molecule has 1 aliphatic heterocycles. The van der Waals surface area contributed by atoms with Gasteiger partial charge in [-0.05, 0) is 24.1 Å². The van der Waals surface area contributed by atoms with E-state index in [9.17, 15) is 36.3 Å². The van der Waals surface area contributed by atoms with Crippen LogP contribution in [0, 0.1) is 23.7 Å². The molecule has 0 amide bonds. The van der Waals surface area contributed by atoms with Crippen LogP contribution in [0.15, 0.2) is 24.3 Å². The first kappa shape index (κ1) is 21.5. The first-order valence-corrected chi connectivity index (χ1v) is 9.50. The summed E-state index contributed by atoms with van der Waals surface area (Å²) in [5.74, 6) is -10.1. The van der Waals surface area contributed by atoms with Crippen LogP contribution in [0.5, 0.6) is 0 Å². The highest BCUT2D eigenvalue weighted by Crippen LogP contribution is 2.59. The van der Waals surface area contributed by atoms with E-state index in [1.807, 2.05) is 0 Å². The van der Waals surface area contributed by atoms with Crippen molar-refractivity contribution in [3.63, 3.8) is 0 Å². The zero-order valence-corrected chi connectivity index (χ0v) is 16.0. The first-order chi connectivity index (χ1) is 14.4. The second kappa shape index (κ2) is 7.16. The number of carbonyl (C=O) groups is 3. The summed E-state index contributed by atoms with van der Waals surface area (Å²) >= 11 is 0. The van der Waals surface area contributed by atoms with Crippen LogP contribution in [0.2, 0.25) is 0 Å². The largest absolute Gasteiger partial charge is 0.461 e. The predicted octanol–water partition coefficient (Wildman–Crippen LogP) is 3.12. The molecule has 11 heteroatoms. The standard InChI is InChI=1S/C20H17F5O6/c1-19(21,22)18(28)31-15-10-6-11-13(17(27)30-14(11)15)12(10)16(26)29-7-8-2-4-9(5-3-8)20(23,24)25/h2-5,10-15H,6-7H2,1H3. The average Bonchev–Trinajstić information content (AvgIpc) is 3.28. The Morgan fingerprint density at radius 2 is 1.74 bits per heavy atom. The third-order valence-corrected chi connectivity index (χ3v) is 6.08. The number of fused-ring (bicyclic) bond motifs is 1. The maximum atomic E-state index is 13.3. The fraction of sp³-hybridized carbons (Fsp3) is 0.550. The van der Waals surface area contributed by atoms with Crippen LogP contribution in [0.25, 0.3) is 0 Å². The molecule has 4 rings (SSSR count). The number of hydrogen-bond acceptors (Lipinski definition) is 6. The van der Waals surface area contributed by atoms with Gasteiger partial charge in [0.15, 0.2) is 0 Å². The Kier molecular flexibility index (Phi) is 4.97. The maximum absolute atomic E-state index is 13.3. The molecule has 3 fully saturated rings. The van der Waals surface area contributed by atoms with E-state index in [0.717, 1.165) is 24.3 Å². The van der Waals surface area contributed by atoms with Crippen molar-refractivity contribution in [2.24, 2.45) is 23.7 Å². The van der Waals surface area contributed by atoms with Crippen LogP contribution in [-0.4, -0.2) is 36.0 Å². The molecule has 168 valence electrons. The van der Waals surface area contributed by atoms with E-state index in [4.69, 9.17) is 14.2 Å². The zero-order chi connectivity index (χ0) is 22.7. The van der Waals surface area contributed by atoms with Gasteiger partial charge in [-0.1, -0.05) is 12.1 Å². The van der Waals surface area contributed by atoms with Crippen molar-refractivity contribution in [3.8, 4) is 0 Å². The maximum Gasteiger partial charge on any atom is 0.416 e. The molecular weight excluding hydrogens is 431 g/mol. The van der Waals surface area contributed by atoms with Gasteiger partial charge in [0, 0.05) is 18.8 Å². The van der Waals surface area contributed by atoms with E-state index in [1.165, 1.54) is 0 Å². The number of alkyl halides is 5.